The van der Waals surface area contributed by atoms with Crippen LogP contribution in [-0.4, -0.2) is 42.9 Å². The number of thioether (sulfide) groups is 1. The summed E-state index contributed by atoms with van der Waals surface area (Å²) in [6.07, 6.45) is 0. The lowest BCUT2D eigenvalue weighted by Gasteiger charge is -2.25. The van der Waals surface area contributed by atoms with Gasteiger partial charge in [-0.05, 0) is 43.3 Å². The van der Waals surface area contributed by atoms with Crippen LogP contribution in [0.3, 0.4) is 0 Å². The van der Waals surface area contributed by atoms with E-state index >= 15 is 0 Å². The molecule has 0 unspecified atom stereocenters. The highest BCUT2D eigenvalue weighted by Gasteiger charge is 2.29. The van der Waals surface area contributed by atoms with Gasteiger partial charge in [0.2, 0.25) is 11.0 Å². The molecule has 1 aromatic heterocycles. The first-order valence-electron chi connectivity index (χ1n) is 10.0. The van der Waals surface area contributed by atoms with Crippen molar-refractivity contribution < 1.29 is 17.9 Å². The van der Waals surface area contributed by atoms with Crippen LogP contribution in [0.4, 0.5) is 10.8 Å². The second-order valence-electron chi connectivity index (χ2n) is 6.95. The molecule has 12 heteroatoms. The predicted molar refractivity (Wildman–Crippen MR) is 133 cm³/mol. The molecular formula is C21H23ClN4O4S3. The number of sulfonamides is 1. The number of para-hydroxylation sites is 2. The maximum absolute atomic E-state index is 13.5. The molecule has 3 aromatic rings. The Morgan fingerprint density at radius 1 is 1.18 bits per heavy atom. The molecule has 1 heterocycles. The van der Waals surface area contributed by atoms with Crippen molar-refractivity contribution in [1.29, 1.82) is 0 Å². The molecule has 0 aliphatic rings. The molecule has 8 nitrogen and oxygen atoms in total. The zero-order valence-corrected chi connectivity index (χ0v) is 21.4. The molecular weight excluding hydrogens is 504 g/mol. The van der Waals surface area contributed by atoms with E-state index in [-0.39, 0.29) is 10.6 Å². The SMILES string of the molecule is CCOc1ccccc1N(CC(=O)Nc1nnc(SC(C)C)s1)S(=O)(=O)c1ccc(Cl)cc1. The zero-order chi connectivity index (χ0) is 24.0. The summed E-state index contributed by atoms with van der Waals surface area (Å²) in [6.45, 7) is 5.70. The Bertz CT molecular complexity index is 1200. The Labute approximate surface area is 206 Å². The number of hydrogen-bond acceptors (Lipinski definition) is 8. The van der Waals surface area contributed by atoms with Crippen molar-refractivity contribution in [3.63, 3.8) is 0 Å². The standard InChI is InChI=1S/C21H23ClN4O4S3/c1-4-30-18-8-6-5-7-17(18)26(33(28,29)16-11-9-15(22)10-12-16)13-19(27)23-20-24-25-21(32-20)31-14(2)3/h5-12,14H,4,13H2,1-3H3,(H,23,24,27). The number of carbonyl (C=O) groups excluding carboxylic acids is 1. The van der Waals surface area contributed by atoms with E-state index in [1.165, 1.54) is 47.4 Å². The van der Waals surface area contributed by atoms with Crippen LogP contribution in [0.15, 0.2) is 57.8 Å². The summed E-state index contributed by atoms with van der Waals surface area (Å²) in [5, 5.41) is 11.7. The number of halogens is 1. The minimum absolute atomic E-state index is 0.00228. The first-order chi connectivity index (χ1) is 15.7. The normalized spacial score (nSPS) is 11.4. The molecule has 176 valence electrons. The van der Waals surface area contributed by atoms with E-state index < -0.39 is 22.5 Å². The zero-order valence-electron chi connectivity index (χ0n) is 18.2. The van der Waals surface area contributed by atoms with Gasteiger partial charge < -0.3 is 4.74 Å². The van der Waals surface area contributed by atoms with Crippen LogP contribution >= 0.6 is 34.7 Å². The minimum Gasteiger partial charge on any atom is -0.492 e. The Kier molecular flexibility index (Phi) is 8.57. The summed E-state index contributed by atoms with van der Waals surface area (Å²) < 4.78 is 34.4. The van der Waals surface area contributed by atoms with Crippen molar-refractivity contribution in [2.75, 3.05) is 22.8 Å². The monoisotopic (exact) mass is 526 g/mol. The van der Waals surface area contributed by atoms with E-state index in [1.807, 2.05) is 13.8 Å². The predicted octanol–water partition coefficient (Wildman–Crippen LogP) is 4.92. The molecule has 0 atom stereocenters. The Balaban J connectivity index is 1.93. The fourth-order valence-electron chi connectivity index (χ4n) is 2.77. The van der Waals surface area contributed by atoms with Gasteiger partial charge in [-0.1, -0.05) is 60.7 Å². The Morgan fingerprint density at radius 2 is 1.88 bits per heavy atom. The molecule has 0 fully saturated rings. The molecule has 3 rings (SSSR count). The lowest BCUT2D eigenvalue weighted by molar-refractivity contribution is -0.114. The highest BCUT2D eigenvalue weighted by molar-refractivity contribution is 8.01. The first kappa shape index (κ1) is 25.3. The summed E-state index contributed by atoms with van der Waals surface area (Å²) in [5.41, 5.74) is 0.248. The first-order valence-corrected chi connectivity index (χ1v) is 13.5. The number of nitrogens with zero attached hydrogens (tertiary/aromatic N) is 3. The van der Waals surface area contributed by atoms with Crippen LogP contribution in [0.1, 0.15) is 20.8 Å². The number of benzene rings is 2. The molecule has 1 amide bonds. The van der Waals surface area contributed by atoms with Gasteiger partial charge in [-0.15, -0.1) is 10.2 Å². The number of ether oxygens (including phenoxy) is 1. The maximum Gasteiger partial charge on any atom is 0.264 e. The Morgan fingerprint density at radius 3 is 2.55 bits per heavy atom. The number of rotatable bonds is 10. The molecule has 0 spiro atoms. The highest BCUT2D eigenvalue weighted by Crippen LogP contribution is 2.33. The lowest BCUT2D eigenvalue weighted by Crippen LogP contribution is -2.38. The summed E-state index contributed by atoms with van der Waals surface area (Å²) in [5.74, 6) is -0.215. The molecule has 33 heavy (non-hydrogen) atoms. The van der Waals surface area contributed by atoms with Crippen molar-refractivity contribution in [2.45, 2.75) is 35.3 Å². The number of nitrogens with one attached hydrogen (secondary N) is 1. The van der Waals surface area contributed by atoms with Crippen LogP contribution in [0.5, 0.6) is 5.75 Å². The Hall–Kier alpha value is -2.34. The molecule has 0 radical (unpaired) electrons. The van der Waals surface area contributed by atoms with Gasteiger partial charge in [0, 0.05) is 10.3 Å². The average molecular weight is 527 g/mol. The number of anilines is 2. The van der Waals surface area contributed by atoms with Crippen LogP contribution in [-0.2, 0) is 14.8 Å². The third-order valence-corrected chi connectivity index (χ3v) is 8.06. The molecule has 0 aliphatic carbocycles. The maximum atomic E-state index is 13.5. The largest absolute Gasteiger partial charge is 0.492 e. The van der Waals surface area contributed by atoms with Gasteiger partial charge in [0.05, 0.1) is 17.2 Å². The van der Waals surface area contributed by atoms with Crippen LogP contribution in [0, 0.1) is 0 Å². The molecule has 0 saturated heterocycles. The molecule has 1 N–H and O–H groups in total. The summed E-state index contributed by atoms with van der Waals surface area (Å²) in [6, 6.07) is 12.4. The van der Waals surface area contributed by atoms with Gasteiger partial charge in [-0.2, -0.15) is 0 Å². The van der Waals surface area contributed by atoms with Gasteiger partial charge in [0.15, 0.2) is 4.34 Å². The van der Waals surface area contributed by atoms with Gasteiger partial charge >= 0.3 is 0 Å². The van der Waals surface area contributed by atoms with Crippen molar-refractivity contribution in [3.05, 3.63) is 53.6 Å². The number of aromatic nitrogens is 2. The minimum atomic E-state index is -4.11. The van der Waals surface area contributed by atoms with E-state index in [1.54, 1.807) is 31.2 Å². The van der Waals surface area contributed by atoms with Gasteiger partial charge in [0.1, 0.15) is 12.3 Å². The fraction of sp³-hybridized carbons (Fsp3) is 0.286. The van der Waals surface area contributed by atoms with E-state index in [2.05, 4.69) is 15.5 Å². The highest BCUT2D eigenvalue weighted by atomic mass is 35.5. The van der Waals surface area contributed by atoms with E-state index in [4.69, 9.17) is 16.3 Å². The second-order valence-corrected chi connectivity index (χ2v) is 12.1. The van der Waals surface area contributed by atoms with E-state index in [0.717, 1.165) is 4.31 Å². The number of carbonyl (C=O) groups is 1. The lowest BCUT2D eigenvalue weighted by atomic mass is 10.3. The fourth-order valence-corrected chi connectivity index (χ4v) is 6.32. The van der Waals surface area contributed by atoms with E-state index in [0.29, 0.717) is 32.1 Å². The van der Waals surface area contributed by atoms with Gasteiger partial charge in [-0.25, -0.2) is 8.42 Å². The van der Waals surface area contributed by atoms with Crippen LogP contribution < -0.4 is 14.4 Å². The van der Waals surface area contributed by atoms with Crippen LogP contribution in [0.2, 0.25) is 5.02 Å². The topological polar surface area (TPSA) is 101 Å². The van der Waals surface area contributed by atoms with Crippen molar-refractivity contribution in [1.82, 2.24) is 10.2 Å². The third kappa shape index (κ3) is 6.59. The van der Waals surface area contributed by atoms with Gasteiger partial charge in [0.25, 0.3) is 10.0 Å². The number of amides is 1. The summed E-state index contributed by atoms with van der Waals surface area (Å²) in [4.78, 5) is 12.9. The molecule has 2 aromatic carbocycles. The molecule has 0 aliphatic heterocycles. The quantitative estimate of drug-likeness (QED) is 0.295. The molecule has 0 bridgehead atoms. The summed E-state index contributed by atoms with van der Waals surface area (Å²) in [7, 11) is -4.11. The van der Waals surface area contributed by atoms with Crippen molar-refractivity contribution >= 4 is 61.4 Å². The summed E-state index contributed by atoms with van der Waals surface area (Å²) >= 11 is 8.68. The van der Waals surface area contributed by atoms with Crippen molar-refractivity contribution in [3.8, 4) is 5.75 Å². The average Bonchev–Trinajstić information content (AvgIpc) is 3.19. The third-order valence-electron chi connectivity index (χ3n) is 4.11. The van der Waals surface area contributed by atoms with Crippen LogP contribution in [0.25, 0.3) is 0 Å². The smallest absolute Gasteiger partial charge is 0.264 e. The second kappa shape index (κ2) is 11.2. The van der Waals surface area contributed by atoms with Gasteiger partial charge in [-0.3, -0.25) is 14.4 Å². The van der Waals surface area contributed by atoms with Crippen molar-refractivity contribution in [2.24, 2.45) is 0 Å². The molecule has 0 saturated carbocycles. The number of hydrogen-bond donors (Lipinski definition) is 1. The van der Waals surface area contributed by atoms with E-state index in [9.17, 15) is 13.2 Å².